The van der Waals surface area contributed by atoms with Crippen LogP contribution in [0.3, 0.4) is 0 Å². The Balaban J connectivity index is 1.71. The average Bonchev–Trinajstić information content (AvgIpc) is 3.11. The van der Waals surface area contributed by atoms with Crippen LogP contribution < -0.4 is 5.32 Å². The van der Waals surface area contributed by atoms with Crippen molar-refractivity contribution in [3.05, 3.63) is 35.9 Å². The number of rotatable bonds is 7. The summed E-state index contributed by atoms with van der Waals surface area (Å²) >= 11 is 1.62. The Bertz CT molecular complexity index is 729. The van der Waals surface area contributed by atoms with Gasteiger partial charge in [-0.15, -0.1) is 11.8 Å². The zero-order valence-electron chi connectivity index (χ0n) is 16.8. The van der Waals surface area contributed by atoms with E-state index in [1.807, 2.05) is 30.3 Å². The highest BCUT2D eigenvalue weighted by Crippen LogP contribution is 2.36. The Morgan fingerprint density at radius 1 is 1.21 bits per heavy atom. The average molecular weight is 421 g/mol. The minimum Gasteiger partial charge on any atom is -0.468 e. The number of aryl methyl sites for hydroxylation is 1. The number of hydrogen-bond donors (Lipinski definition) is 1. The van der Waals surface area contributed by atoms with Gasteiger partial charge < -0.3 is 14.4 Å². The molecule has 1 amide bonds. The summed E-state index contributed by atoms with van der Waals surface area (Å²) in [5.41, 5.74) is 1.12. The highest BCUT2D eigenvalue weighted by atomic mass is 32.2. The molecule has 8 heteroatoms. The third kappa shape index (κ3) is 5.11. The molecule has 3 rings (SSSR count). The number of amides is 1. The second-order valence-corrected chi connectivity index (χ2v) is 8.53. The fourth-order valence-corrected chi connectivity index (χ4v) is 5.41. The largest absolute Gasteiger partial charge is 0.468 e. The zero-order valence-corrected chi connectivity index (χ0v) is 17.7. The van der Waals surface area contributed by atoms with E-state index in [0.717, 1.165) is 18.4 Å². The smallest absolute Gasteiger partial charge is 0.329 e. The van der Waals surface area contributed by atoms with E-state index in [9.17, 15) is 14.4 Å². The number of benzene rings is 1. The highest BCUT2D eigenvalue weighted by Gasteiger charge is 2.46. The molecule has 0 bridgehead atoms. The van der Waals surface area contributed by atoms with Crippen molar-refractivity contribution in [1.29, 1.82) is 0 Å². The van der Waals surface area contributed by atoms with Crippen molar-refractivity contribution in [3.63, 3.8) is 0 Å². The quantitative estimate of drug-likeness (QED) is 0.673. The van der Waals surface area contributed by atoms with E-state index >= 15 is 0 Å². The number of ether oxygens (including phenoxy) is 2. The lowest BCUT2D eigenvalue weighted by Gasteiger charge is -2.30. The number of nitrogens with zero attached hydrogens (tertiary/aromatic N) is 1. The van der Waals surface area contributed by atoms with Crippen LogP contribution in [0.25, 0.3) is 0 Å². The molecule has 1 aromatic carbocycles. The molecule has 1 unspecified atom stereocenters. The van der Waals surface area contributed by atoms with Crippen molar-refractivity contribution in [2.75, 3.05) is 20.0 Å². The number of thioether (sulfide) groups is 1. The number of carbonyl (C=O) groups excluding carboxylic acids is 3. The van der Waals surface area contributed by atoms with Crippen LogP contribution in [-0.2, 0) is 30.3 Å². The molecule has 4 atom stereocenters. The molecule has 0 saturated carbocycles. The zero-order chi connectivity index (χ0) is 20.8. The van der Waals surface area contributed by atoms with E-state index < -0.39 is 18.1 Å². The van der Waals surface area contributed by atoms with E-state index in [1.165, 1.54) is 14.2 Å². The first-order valence-corrected chi connectivity index (χ1v) is 11.0. The Morgan fingerprint density at radius 2 is 1.97 bits per heavy atom. The lowest BCUT2D eigenvalue weighted by molar-refractivity contribution is -0.152. The molecule has 158 valence electrons. The van der Waals surface area contributed by atoms with Gasteiger partial charge in [-0.1, -0.05) is 30.3 Å². The summed E-state index contributed by atoms with van der Waals surface area (Å²) in [5, 5.41) is 3.22. The van der Waals surface area contributed by atoms with Gasteiger partial charge in [0.15, 0.2) is 0 Å². The summed E-state index contributed by atoms with van der Waals surface area (Å²) in [6.07, 6.45) is 3.52. The Hall–Kier alpha value is -2.06. The summed E-state index contributed by atoms with van der Waals surface area (Å²) in [4.78, 5) is 39.4. The Morgan fingerprint density at radius 3 is 2.66 bits per heavy atom. The molecule has 2 aliphatic rings. The third-order valence-corrected chi connectivity index (χ3v) is 6.87. The van der Waals surface area contributed by atoms with Crippen LogP contribution in [0.2, 0.25) is 0 Å². The van der Waals surface area contributed by atoms with Crippen LogP contribution in [0.1, 0.15) is 31.2 Å². The van der Waals surface area contributed by atoms with Crippen molar-refractivity contribution >= 4 is 29.6 Å². The van der Waals surface area contributed by atoms with Gasteiger partial charge in [-0.25, -0.2) is 4.79 Å². The van der Waals surface area contributed by atoms with Gasteiger partial charge in [0.05, 0.1) is 25.6 Å². The fraction of sp³-hybridized carbons (Fsp3) is 0.571. The van der Waals surface area contributed by atoms with Crippen molar-refractivity contribution < 1.29 is 23.9 Å². The molecule has 0 aromatic heterocycles. The Kier molecular flexibility index (Phi) is 7.55. The lowest BCUT2D eigenvalue weighted by Crippen LogP contribution is -2.55. The molecule has 2 aliphatic heterocycles. The number of hydrogen-bond acceptors (Lipinski definition) is 7. The molecule has 0 spiro atoms. The molecule has 0 radical (unpaired) electrons. The number of nitrogens with one attached hydrogen (secondary N) is 1. The SMILES string of the molecule is COC(=O)C(CCc1ccccc1)N[C@@H]1CCC[C@H]2SC[C@H](C(=O)OC)N2C1=O. The van der Waals surface area contributed by atoms with Crippen LogP contribution in [0.5, 0.6) is 0 Å². The van der Waals surface area contributed by atoms with E-state index in [0.29, 0.717) is 25.0 Å². The van der Waals surface area contributed by atoms with Gasteiger partial charge in [0, 0.05) is 5.75 Å². The van der Waals surface area contributed by atoms with Gasteiger partial charge in [0.25, 0.3) is 0 Å². The van der Waals surface area contributed by atoms with Gasteiger partial charge in [-0.3, -0.25) is 14.9 Å². The topological polar surface area (TPSA) is 84.9 Å². The first-order chi connectivity index (χ1) is 14.0. The van der Waals surface area contributed by atoms with Crippen LogP contribution in [-0.4, -0.2) is 66.2 Å². The fourth-order valence-electron chi connectivity index (χ4n) is 3.96. The van der Waals surface area contributed by atoms with E-state index in [1.54, 1.807) is 16.7 Å². The van der Waals surface area contributed by atoms with E-state index in [-0.39, 0.29) is 23.2 Å². The normalized spacial score (nSPS) is 25.1. The molecule has 2 heterocycles. The van der Waals surface area contributed by atoms with Crippen LogP contribution >= 0.6 is 11.8 Å². The number of esters is 2. The summed E-state index contributed by atoms with van der Waals surface area (Å²) in [5.74, 6) is -0.358. The summed E-state index contributed by atoms with van der Waals surface area (Å²) < 4.78 is 9.86. The summed E-state index contributed by atoms with van der Waals surface area (Å²) in [7, 11) is 2.70. The van der Waals surface area contributed by atoms with Crippen molar-refractivity contribution in [3.8, 4) is 0 Å². The monoisotopic (exact) mass is 420 g/mol. The van der Waals surface area contributed by atoms with Gasteiger partial charge >= 0.3 is 11.9 Å². The first kappa shape index (κ1) is 21.6. The minimum absolute atomic E-state index is 0.0145. The van der Waals surface area contributed by atoms with Crippen LogP contribution in [0, 0.1) is 0 Å². The van der Waals surface area contributed by atoms with Gasteiger partial charge in [-0.2, -0.15) is 0 Å². The summed E-state index contributed by atoms with van der Waals surface area (Å²) in [6.45, 7) is 0. The summed E-state index contributed by atoms with van der Waals surface area (Å²) in [6, 6.07) is 8.22. The lowest BCUT2D eigenvalue weighted by atomic mass is 10.0. The predicted octanol–water partition coefficient (Wildman–Crippen LogP) is 1.75. The van der Waals surface area contributed by atoms with Crippen LogP contribution in [0.4, 0.5) is 0 Å². The van der Waals surface area contributed by atoms with Crippen molar-refractivity contribution in [2.45, 2.75) is 55.6 Å². The van der Waals surface area contributed by atoms with Gasteiger partial charge in [0.1, 0.15) is 12.1 Å². The van der Waals surface area contributed by atoms with Crippen molar-refractivity contribution in [2.24, 2.45) is 0 Å². The molecule has 29 heavy (non-hydrogen) atoms. The van der Waals surface area contributed by atoms with Crippen molar-refractivity contribution in [1.82, 2.24) is 10.2 Å². The maximum atomic E-state index is 13.3. The number of methoxy groups -OCH3 is 2. The molecular formula is C21H28N2O5S. The highest BCUT2D eigenvalue weighted by molar-refractivity contribution is 8.00. The standard InChI is InChI=1S/C21H28N2O5S/c1-27-20(25)16(12-11-14-7-4-3-5-8-14)22-15-9-6-10-18-23(19(15)24)17(13-29-18)21(26)28-2/h3-5,7-8,15-18,22H,6,9-13H2,1-2H3/t15-,16?,17-,18-/m1/s1. The van der Waals surface area contributed by atoms with E-state index in [2.05, 4.69) is 5.32 Å². The first-order valence-electron chi connectivity index (χ1n) is 9.94. The van der Waals surface area contributed by atoms with Crippen LogP contribution in [0.15, 0.2) is 30.3 Å². The van der Waals surface area contributed by atoms with E-state index in [4.69, 9.17) is 9.47 Å². The molecular weight excluding hydrogens is 392 g/mol. The second-order valence-electron chi connectivity index (χ2n) is 7.32. The third-order valence-electron chi connectivity index (χ3n) is 5.51. The number of fused-ring (bicyclic) bond motifs is 1. The molecule has 1 aromatic rings. The maximum Gasteiger partial charge on any atom is 0.329 e. The molecule has 1 N–H and O–H groups in total. The maximum absolute atomic E-state index is 13.3. The molecule has 7 nitrogen and oxygen atoms in total. The number of carbonyl (C=O) groups is 3. The molecule has 0 aliphatic carbocycles. The molecule has 2 saturated heterocycles. The van der Waals surface area contributed by atoms with Gasteiger partial charge in [0.2, 0.25) is 5.91 Å². The van der Waals surface area contributed by atoms with Gasteiger partial charge in [-0.05, 0) is 37.7 Å². The molecule has 2 fully saturated rings. The Labute approximate surface area is 175 Å². The predicted molar refractivity (Wildman–Crippen MR) is 110 cm³/mol. The minimum atomic E-state index is -0.586. The second kappa shape index (κ2) is 10.1.